The molecule has 2 heteroatoms. The van der Waals surface area contributed by atoms with Gasteiger partial charge in [-0.05, 0) is 116 Å². The van der Waals surface area contributed by atoms with Crippen molar-refractivity contribution in [1.82, 2.24) is 4.57 Å². The minimum Gasteiger partial charge on any atom is -0.309 e. The minimum atomic E-state index is 1.15. The van der Waals surface area contributed by atoms with Crippen molar-refractivity contribution in [3.8, 4) is 61.3 Å². The molecule has 56 heavy (non-hydrogen) atoms. The molecule has 0 aliphatic rings. The van der Waals surface area contributed by atoms with E-state index in [0.717, 1.165) is 5.69 Å². The summed E-state index contributed by atoms with van der Waals surface area (Å²) in [4.78, 5) is 0. The summed E-state index contributed by atoms with van der Waals surface area (Å²) in [7, 11) is 0. The summed E-state index contributed by atoms with van der Waals surface area (Å²) in [6, 6.07) is 77.6. The fourth-order valence-corrected chi connectivity index (χ4v) is 9.45. The molecule has 11 rings (SSSR count). The third kappa shape index (κ3) is 5.62. The summed E-state index contributed by atoms with van der Waals surface area (Å²) < 4.78 is 5.09. The molecule has 0 unspecified atom stereocenters. The van der Waals surface area contributed by atoms with Gasteiger partial charge < -0.3 is 4.57 Å². The maximum atomic E-state index is 2.41. The lowest BCUT2D eigenvalue weighted by molar-refractivity contribution is 1.18. The summed E-state index contributed by atoms with van der Waals surface area (Å²) in [5.74, 6) is 0. The Kier molecular flexibility index (Phi) is 7.75. The van der Waals surface area contributed by atoms with Crippen molar-refractivity contribution < 1.29 is 0 Å². The first-order valence-corrected chi connectivity index (χ1v) is 20.0. The summed E-state index contributed by atoms with van der Waals surface area (Å²) >= 11 is 1.86. The number of nitrogens with zero attached hydrogens (tertiary/aromatic N) is 1. The van der Waals surface area contributed by atoms with Gasteiger partial charge >= 0.3 is 0 Å². The quantitative estimate of drug-likeness (QED) is 0.161. The van der Waals surface area contributed by atoms with E-state index in [1.807, 2.05) is 11.3 Å². The first kappa shape index (κ1) is 32.4. The van der Waals surface area contributed by atoms with Gasteiger partial charge in [-0.15, -0.1) is 11.3 Å². The molecule has 0 N–H and O–H groups in total. The van der Waals surface area contributed by atoms with Crippen LogP contribution < -0.4 is 0 Å². The Morgan fingerprint density at radius 3 is 1.21 bits per heavy atom. The van der Waals surface area contributed by atoms with Crippen LogP contribution >= 0.6 is 11.3 Å². The molecule has 11 aromatic rings. The van der Waals surface area contributed by atoms with Crippen LogP contribution in [-0.2, 0) is 0 Å². The lowest BCUT2D eigenvalue weighted by Crippen LogP contribution is -1.94. The van der Waals surface area contributed by atoms with Gasteiger partial charge in [0.15, 0.2) is 0 Å². The fraction of sp³-hybridized carbons (Fsp3) is 0. The monoisotopic (exact) mass is 729 g/mol. The lowest BCUT2D eigenvalue weighted by atomic mass is 9.96. The van der Waals surface area contributed by atoms with Crippen LogP contribution in [0.25, 0.3) is 103 Å². The summed E-state index contributed by atoms with van der Waals surface area (Å²) in [6.45, 7) is 0. The highest BCUT2D eigenvalue weighted by molar-refractivity contribution is 7.25. The van der Waals surface area contributed by atoms with E-state index in [2.05, 4.69) is 217 Å². The maximum Gasteiger partial charge on any atom is 0.0541 e. The second-order valence-electron chi connectivity index (χ2n) is 14.5. The van der Waals surface area contributed by atoms with E-state index >= 15 is 0 Å². The fourth-order valence-electron chi connectivity index (χ4n) is 8.36. The van der Waals surface area contributed by atoms with Crippen molar-refractivity contribution in [3.63, 3.8) is 0 Å². The van der Waals surface area contributed by atoms with E-state index in [4.69, 9.17) is 0 Å². The highest BCUT2D eigenvalue weighted by atomic mass is 32.1. The van der Waals surface area contributed by atoms with Gasteiger partial charge in [0.2, 0.25) is 0 Å². The summed E-state index contributed by atoms with van der Waals surface area (Å²) in [6.07, 6.45) is 0. The Balaban J connectivity index is 0.929. The molecule has 0 bridgehead atoms. The van der Waals surface area contributed by atoms with Crippen LogP contribution in [-0.4, -0.2) is 4.57 Å². The molecule has 0 atom stereocenters. The van der Waals surface area contributed by atoms with Crippen LogP contribution in [0.4, 0.5) is 0 Å². The van der Waals surface area contributed by atoms with Gasteiger partial charge in [0.1, 0.15) is 0 Å². The normalized spacial score (nSPS) is 11.6. The second-order valence-corrected chi connectivity index (χ2v) is 15.6. The molecule has 0 saturated heterocycles. The van der Waals surface area contributed by atoms with Crippen LogP contribution in [0.5, 0.6) is 0 Å². The van der Waals surface area contributed by atoms with E-state index in [1.165, 1.54) is 97.6 Å². The smallest absolute Gasteiger partial charge is 0.0541 e. The number of benzene rings is 9. The standard InChI is InChI=1S/C54H35NS/c1-3-10-36(11-4-1)43-24-29-51-48(33-43)49-34-44(37-12-5-2-6-13-37)25-30-52(49)55(51)46-27-22-40(23-28-46)42-15-9-14-41(32-42)38-18-20-39(21-19-38)45-26-31-54-50(35-45)47-16-7-8-17-53(47)56-54/h1-35H. The van der Waals surface area contributed by atoms with Crippen molar-refractivity contribution >= 4 is 53.3 Å². The molecular formula is C54H35NS. The molecule has 0 saturated carbocycles. The molecule has 0 spiro atoms. The van der Waals surface area contributed by atoms with E-state index in [1.54, 1.807) is 0 Å². The highest BCUT2D eigenvalue weighted by Gasteiger charge is 2.15. The molecule has 9 aromatic carbocycles. The van der Waals surface area contributed by atoms with Gasteiger partial charge in [0.05, 0.1) is 11.0 Å². The summed E-state index contributed by atoms with van der Waals surface area (Å²) in [5.41, 5.74) is 15.7. The van der Waals surface area contributed by atoms with Crippen molar-refractivity contribution in [2.75, 3.05) is 0 Å². The average Bonchev–Trinajstić information content (AvgIpc) is 3.82. The van der Waals surface area contributed by atoms with Crippen molar-refractivity contribution in [2.45, 2.75) is 0 Å². The van der Waals surface area contributed by atoms with Gasteiger partial charge in [0, 0.05) is 36.6 Å². The van der Waals surface area contributed by atoms with E-state index in [-0.39, 0.29) is 0 Å². The van der Waals surface area contributed by atoms with Crippen LogP contribution in [0.3, 0.4) is 0 Å². The molecule has 0 amide bonds. The Labute approximate surface area is 330 Å². The zero-order valence-corrected chi connectivity index (χ0v) is 31.4. The van der Waals surface area contributed by atoms with Crippen LogP contribution in [0, 0.1) is 0 Å². The molecular weight excluding hydrogens is 695 g/mol. The Hall–Kier alpha value is -7.00. The second kappa shape index (κ2) is 13.4. The predicted octanol–water partition coefficient (Wildman–Crippen LogP) is 15.5. The van der Waals surface area contributed by atoms with Crippen LogP contribution in [0.2, 0.25) is 0 Å². The Morgan fingerprint density at radius 2 is 0.643 bits per heavy atom. The lowest BCUT2D eigenvalue weighted by Gasteiger charge is -2.11. The SMILES string of the molecule is c1ccc(-c2ccc3c(c2)c2cc(-c4ccccc4)ccc2n3-c2ccc(-c3cccc(-c4ccc(-c5ccc6sc7ccccc7c6c5)cc4)c3)cc2)cc1. The first-order valence-electron chi connectivity index (χ1n) is 19.2. The molecule has 0 aliphatic heterocycles. The molecule has 2 heterocycles. The zero-order valence-electron chi connectivity index (χ0n) is 30.6. The summed E-state index contributed by atoms with van der Waals surface area (Å²) in [5, 5.41) is 5.17. The third-order valence-electron chi connectivity index (χ3n) is 11.2. The number of hydrogen-bond acceptors (Lipinski definition) is 1. The Bertz CT molecular complexity index is 3110. The van der Waals surface area contributed by atoms with Crippen LogP contribution in [0.1, 0.15) is 0 Å². The predicted molar refractivity (Wildman–Crippen MR) is 241 cm³/mol. The number of rotatable bonds is 6. The zero-order chi connectivity index (χ0) is 37.0. The van der Waals surface area contributed by atoms with E-state index in [9.17, 15) is 0 Å². The van der Waals surface area contributed by atoms with Gasteiger partial charge in [-0.25, -0.2) is 0 Å². The third-order valence-corrected chi connectivity index (χ3v) is 12.4. The first-order chi connectivity index (χ1) is 27.7. The highest BCUT2D eigenvalue weighted by Crippen LogP contribution is 2.39. The van der Waals surface area contributed by atoms with Gasteiger partial charge in [-0.1, -0.05) is 152 Å². The van der Waals surface area contributed by atoms with E-state index < -0.39 is 0 Å². The number of thiophene rings is 1. The molecule has 0 fully saturated rings. The maximum absolute atomic E-state index is 2.41. The van der Waals surface area contributed by atoms with Gasteiger partial charge in [-0.2, -0.15) is 0 Å². The van der Waals surface area contributed by atoms with Crippen molar-refractivity contribution in [1.29, 1.82) is 0 Å². The molecule has 2 aromatic heterocycles. The van der Waals surface area contributed by atoms with Crippen molar-refractivity contribution in [3.05, 3.63) is 212 Å². The molecule has 262 valence electrons. The van der Waals surface area contributed by atoms with Crippen LogP contribution in [0.15, 0.2) is 212 Å². The topological polar surface area (TPSA) is 4.93 Å². The average molecular weight is 730 g/mol. The number of hydrogen-bond donors (Lipinski definition) is 0. The van der Waals surface area contributed by atoms with Gasteiger partial charge in [0.25, 0.3) is 0 Å². The largest absolute Gasteiger partial charge is 0.309 e. The Morgan fingerprint density at radius 1 is 0.250 bits per heavy atom. The molecule has 1 nitrogen and oxygen atoms in total. The number of aromatic nitrogens is 1. The minimum absolute atomic E-state index is 1.15. The number of fused-ring (bicyclic) bond motifs is 6. The molecule has 0 aliphatic carbocycles. The van der Waals surface area contributed by atoms with Crippen molar-refractivity contribution in [2.24, 2.45) is 0 Å². The van der Waals surface area contributed by atoms with Gasteiger partial charge in [-0.3, -0.25) is 0 Å². The van der Waals surface area contributed by atoms with E-state index in [0.29, 0.717) is 0 Å². The molecule has 0 radical (unpaired) electrons.